The maximum Gasteiger partial charge on any atom is 0.185 e. The summed E-state index contributed by atoms with van der Waals surface area (Å²) in [5.74, 6) is -0.195. The third-order valence-corrected chi connectivity index (χ3v) is 4.01. The molecule has 0 unspecified atom stereocenters. The average molecular weight is 293 g/mol. The van der Waals surface area contributed by atoms with E-state index in [1.165, 1.54) is 10.9 Å². The van der Waals surface area contributed by atoms with Crippen LogP contribution in [0.25, 0.3) is 0 Å². The predicted octanol–water partition coefficient (Wildman–Crippen LogP) is 3.42. The fourth-order valence-electron chi connectivity index (χ4n) is 1.92. The van der Waals surface area contributed by atoms with E-state index < -0.39 is 0 Å². The van der Waals surface area contributed by atoms with Gasteiger partial charge in [0.15, 0.2) is 5.13 Å². The molecule has 0 fully saturated rings. The quantitative estimate of drug-likeness (QED) is 0.793. The summed E-state index contributed by atoms with van der Waals surface area (Å²) in [7, 11) is 1.98. The van der Waals surface area contributed by atoms with Gasteiger partial charge in [0.1, 0.15) is 5.82 Å². The standard InChI is InChI=1S/C15H20FN3S/c1-3-7-17-9-14-10-18-15(20-14)19(2)11-12-5-4-6-13(16)8-12/h4-6,8,10,17H,3,7,9,11H2,1-2H3. The second-order valence-electron chi connectivity index (χ2n) is 4.77. The molecule has 2 rings (SSSR count). The van der Waals surface area contributed by atoms with E-state index in [0.717, 1.165) is 30.2 Å². The minimum atomic E-state index is -0.195. The fourth-order valence-corrected chi connectivity index (χ4v) is 2.76. The lowest BCUT2D eigenvalue weighted by molar-refractivity contribution is 0.625. The van der Waals surface area contributed by atoms with Gasteiger partial charge in [-0.2, -0.15) is 0 Å². The molecule has 0 amide bonds. The van der Waals surface area contributed by atoms with Crippen molar-refractivity contribution in [3.8, 4) is 0 Å². The summed E-state index contributed by atoms with van der Waals surface area (Å²) >= 11 is 1.67. The van der Waals surface area contributed by atoms with E-state index in [9.17, 15) is 4.39 Å². The van der Waals surface area contributed by atoms with Crippen molar-refractivity contribution in [2.45, 2.75) is 26.4 Å². The highest BCUT2D eigenvalue weighted by molar-refractivity contribution is 7.15. The molecule has 1 aromatic carbocycles. The molecular formula is C15H20FN3S. The molecule has 0 bridgehead atoms. The SMILES string of the molecule is CCCNCc1cnc(N(C)Cc2cccc(F)c2)s1. The van der Waals surface area contributed by atoms with Crippen molar-refractivity contribution in [1.82, 2.24) is 10.3 Å². The Morgan fingerprint density at radius 1 is 1.40 bits per heavy atom. The van der Waals surface area contributed by atoms with Gasteiger partial charge >= 0.3 is 0 Å². The van der Waals surface area contributed by atoms with Gasteiger partial charge in [0.25, 0.3) is 0 Å². The summed E-state index contributed by atoms with van der Waals surface area (Å²) in [5.41, 5.74) is 0.952. The molecule has 0 aliphatic carbocycles. The highest BCUT2D eigenvalue weighted by Gasteiger charge is 2.08. The first-order chi connectivity index (χ1) is 9.69. The zero-order chi connectivity index (χ0) is 14.4. The number of hydrogen-bond acceptors (Lipinski definition) is 4. The fraction of sp³-hybridized carbons (Fsp3) is 0.400. The van der Waals surface area contributed by atoms with Crippen molar-refractivity contribution in [2.75, 3.05) is 18.5 Å². The van der Waals surface area contributed by atoms with Crippen LogP contribution in [0.3, 0.4) is 0 Å². The van der Waals surface area contributed by atoms with Gasteiger partial charge in [-0.05, 0) is 30.7 Å². The first kappa shape index (κ1) is 14.9. The smallest absolute Gasteiger partial charge is 0.185 e. The zero-order valence-electron chi connectivity index (χ0n) is 11.9. The third-order valence-electron chi connectivity index (χ3n) is 2.90. The number of nitrogens with one attached hydrogen (secondary N) is 1. The molecule has 108 valence electrons. The van der Waals surface area contributed by atoms with E-state index in [1.807, 2.05) is 24.2 Å². The van der Waals surface area contributed by atoms with Crippen molar-refractivity contribution in [3.05, 3.63) is 46.7 Å². The first-order valence-electron chi connectivity index (χ1n) is 6.80. The largest absolute Gasteiger partial charge is 0.347 e. The van der Waals surface area contributed by atoms with E-state index in [-0.39, 0.29) is 5.82 Å². The minimum Gasteiger partial charge on any atom is -0.347 e. The molecule has 1 aromatic heterocycles. The van der Waals surface area contributed by atoms with Crippen LogP contribution in [0.15, 0.2) is 30.5 Å². The number of nitrogens with zero attached hydrogens (tertiary/aromatic N) is 2. The van der Waals surface area contributed by atoms with E-state index in [2.05, 4.69) is 17.2 Å². The van der Waals surface area contributed by atoms with Gasteiger partial charge in [-0.15, -0.1) is 11.3 Å². The molecular weight excluding hydrogens is 273 g/mol. The van der Waals surface area contributed by atoms with E-state index in [0.29, 0.717) is 6.54 Å². The van der Waals surface area contributed by atoms with E-state index in [4.69, 9.17) is 0 Å². The Labute approximate surface area is 123 Å². The van der Waals surface area contributed by atoms with Gasteiger partial charge < -0.3 is 10.2 Å². The third kappa shape index (κ3) is 4.28. The number of anilines is 1. The number of halogens is 1. The summed E-state index contributed by atoms with van der Waals surface area (Å²) < 4.78 is 13.2. The highest BCUT2D eigenvalue weighted by atomic mass is 32.1. The molecule has 0 aliphatic heterocycles. The van der Waals surface area contributed by atoms with Gasteiger partial charge in [0.2, 0.25) is 0 Å². The second kappa shape index (κ2) is 7.36. The first-order valence-corrected chi connectivity index (χ1v) is 7.61. The van der Waals surface area contributed by atoms with Crippen LogP contribution in [0.4, 0.5) is 9.52 Å². The van der Waals surface area contributed by atoms with Gasteiger partial charge in [-0.25, -0.2) is 9.37 Å². The zero-order valence-corrected chi connectivity index (χ0v) is 12.7. The Hall–Kier alpha value is -1.46. The maximum atomic E-state index is 13.2. The van der Waals surface area contributed by atoms with Crippen molar-refractivity contribution < 1.29 is 4.39 Å². The molecule has 2 aromatic rings. The summed E-state index contributed by atoms with van der Waals surface area (Å²) in [4.78, 5) is 7.69. The van der Waals surface area contributed by atoms with Crippen LogP contribution in [0.2, 0.25) is 0 Å². The summed E-state index contributed by atoms with van der Waals surface area (Å²) in [6.07, 6.45) is 3.04. The lowest BCUT2D eigenvalue weighted by Crippen LogP contribution is -2.16. The summed E-state index contributed by atoms with van der Waals surface area (Å²) in [6.45, 7) is 4.69. The molecule has 1 heterocycles. The Bertz CT molecular complexity index is 541. The Morgan fingerprint density at radius 3 is 3.00 bits per heavy atom. The molecule has 3 nitrogen and oxygen atoms in total. The Kier molecular flexibility index (Phi) is 5.49. The molecule has 20 heavy (non-hydrogen) atoms. The molecule has 0 spiro atoms. The van der Waals surface area contributed by atoms with Crippen molar-refractivity contribution >= 4 is 16.5 Å². The lowest BCUT2D eigenvalue weighted by Gasteiger charge is -2.15. The van der Waals surface area contributed by atoms with Crippen LogP contribution in [0, 0.1) is 5.82 Å². The van der Waals surface area contributed by atoms with Crippen LogP contribution < -0.4 is 10.2 Å². The van der Waals surface area contributed by atoms with Gasteiger partial charge in [-0.1, -0.05) is 19.1 Å². The molecule has 0 radical (unpaired) electrons. The number of hydrogen-bond donors (Lipinski definition) is 1. The van der Waals surface area contributed by atoms with Crippen LogP contribution in [-0.2, 0) is 13.1 Å². The van der Waals surface area contributed by atoms with Gasteiger partial charge in [0.05, 0.1) is 0 Å². The van der Waals surface area contributed by atoms with Crippen molar-refractivity contribution in [1.29, 1.82) is 0 Å². The summed E-state index contributed by atoms with van der Waals surface area (Å²) in [5, 5.41) is 4.32. The maximum absolute atomic E-state index is 13.2. The van der Waals surface area contributed by atoms with Crippen molar-refractivity contribution in [2.24, 2.45) is 0 Å². The number of aromatic nitrogens is 1. The normalized spacial score (nSPS) is 10.8. The molecule has 0 saturated carbocycles. The topological polar surface area (TPSA) is 28.2 Å². The molecule has 1 N–H and O–H groups in total. The van der Waals surface area contributed by atoms with Gasteiger partial charge in [0, 0.05) is 31.2 Å². The predicted molar refractivity (Wildman–Crippen MR) is 82.6 cm³/mol. The summed E-state index contributed by atoms with van der Waals surface area (Å²) in [6, 6.07) is 6.69. The molecule has 5 heteroatoms. The van der Waals surface area contributed by atoms with E-state index >= 15 is 0 Å². The van der Waals surface area contributed by atoms with Crippen molar-refractivity contribution in [3.63, 3.8) is 0 Å². The number of rotatable bonds is 7. The average Bonchev–Trinajstić information content (AvgIpc) is 2.88. The van der Waals surface area contributed by atoms with Crippen LogP contribution in [-0.4, -0.2) is 18.6 Å². The Balaban J connectivity index is 1.93. The molecule has 0 saturated heterocycles. The molecule has 0 aliphatic rings. The van der Waals surface area contributed by atoms with Crippen LogP contribution in [0.1, 0.15) is 23.8 Å². The number of thiazole rings is 1. The highest BCUT2D eigenvalue weighted by Crippen LogP contribution is 2.22. The lowest BCUT2D eigenvalue weighted by atomic mass is 10.2. The van der Waals surface area contributed by atoms with Crippen LogP contribution >= 0.6 is 11.3 Å². The minimum absolute atomic E-state index is 0.195. The monoisotopic (exact) mass is 293 g/mol. The second-order valence-corrected chi connectivity index (χ2v) is 5.87. The number of benzene rings is 1. The van der Waals surface area contributed by atoms with Gasteiger partial charge in [-0.3, -0.25) is 0 Å². The van der Waals surface area contributed by atoms with Crippen LogP contribution in [0.5, 0.6) is 0 Å². The molecule has 0 atom stereocenters. The van der Waals surface area contributed by atoms with E-state index in [1.54, 1.807) is 23.5 Å². The Morgan fingerprint density at radius 2 is 2.25 bits per heavy atom.